The van der Waals surface area contributed by atoms with Crippen molar-refractivity contribution in [3.8, 4) is 0 Å². The van der Waals surface area contributed by atoms with E-state index in [2.05, 4.69) is 27.7 Å². The van der Waals surface area contributed by atoms with Crippen molar-refractivity contribution in [3.63, 3.8) is 0 Å². The van der Waals surface area contributed by atoms with Crippen LogP contribution in [0.25, 0.3) is 0 Å². The highest BCUT2D eigenvalue weighted by Crippen LogP contribution is 2.45. The summed E-state index contributed by atoms with van der Waals surface area (Å²) in [7, 11) is 0. The molecule has 0 amide bonds. The van der Waals surface area contributed by atoms with Crippen LogP contribution in [0.2, 0.25) is 0 Å². The summed E-state index contributed by atoms with van der Waals surface area (Å²) in [6, 6.07) is 0. The van der Waals surface area contributed by atoms with Gasteiger partial charge in [-0.3, -0.25) is 0 Å². The minimum Gasteiger partial charge on any atom is -0.375 e. The summed E-state index contributed by atoms with van der Waals surface area (Å²) in [5.41, 5.74) is 0.487. The van der Waals surface area contributed by atoms with Crippen LogP contribution in [-0.4, -0.2) is 12.2 Å². The average Bonchev–Trinajstić information content (AvgIpc) is 1.96. The van der Waals surface area contributed by atoms with Gasteiger partial charge in [0.05, 0.1) is 5.60 Å². The molecule has 0 N–H and O–H groups in total. The van der Waals surface area contributed by atoms with E-state index in [9.17, 15) is 0 Å². The molecule has 1 saturated heterocycles. The summed E-state index contributed by atoms with van der Waals surface area (Å²) in [6.45, 7) is 10.1. The van der Waals surface area contributed by atoms with Crippen LogP contribution in [0.5, 0.6) is 0 Å². The lowest BCUT2D eigenvalue weighted by Crippen LogP contribution is -2.47. The summed E-state index contributed by atoms with van der Waals surface area (Å²) in [5.74, 6) is 0. The molecule has 72 valence electrons. The first-order valence-corrected chi connectivity index (χ1v) is 5.16. The van der Waals surface area contributed by atoms with E-state index in [4.69, 9.17) is 4.74 Å². The largest absolute Gasteiger partial charge is 0.375 e. The van der Waals surface area contributed by atoms with Crippen LogP contribution in [-0.2, 0) is 4.74 Å². The molecule has 0 saturated carbocycles. The first kappa shape index (κ1) is 10.0. The van der Waals surface area contributed by atoms with E-state index in [1.807, 2.05) is 0 Å². The fourth-order valence-corrected chi connectivity index (χ4v) is 2.24. The van der Waals surface area contributed by atoms with Crippen LogP contribution >= 0.6 is 0 Å². The molecule has 1 unspecified atom stereocenters. The average molecular weight is 170 g/mol. The quantitative estimate of drug-likeness (QED) is 0.617. The SMILES string of the molecule is CCCC1(C)CCCOC1(C)C. The van der Waals surface area contributed by atoms with Crippen molar-refractivity contribution in [1.82, 2.24) is 0 Å². The van der Waals surface area contributed by atoms with Crippen LogP contribution in [0.15, 0.2) is 0 Å². The smallest absolute Gasteiger partial charge is 0.0679 e. The topological polar surface area (TPSA) is 9.23 Å². The Kier molecular flexibility index (Phi) is 2.82. The lowest BCUT2D eigenvalue weighted by molar-refractivity contribution is -0.144. The molecule has 0 spiro atoms. The normalized spacial score (nSPS) is 35.0. The van der Waals surface area contributed by atoms with Crippen LogP contribution in [0.4, 0.5) is 0 Å². The van der Waals surface area contributed by atoms with Gasteiger partial charge >= 0.3 is 0 Å². The van der Waals surface area contributed by atoms with Gasteiger partial charge in [0, 0.05) is 6.61 Å². The first-order valence-electron chi connectivity index (χ1n) is 5.16. The molecule has 0 radical (unpaired) electrons. The zero-order chi connectivity index (χ0) is 9.24. The molecular weight excluding hydrogens is 148 g/mol. The Morgan fingerprint density at radius 3 is 2.42 bits per heavy atom. The molecule has 0 aromatic rings. The molecule has 1 atom stereocenters. The third-order valence-corrected chi connectivity index (χ3v) is 3.59. The minimum absolute atomic E-state index is 0.0846. The van der Waals surface area contributed by atoms with E-state index in [0.717, 1.165) is 6.61 Å². The zero-order valence-corrected chi connectivity index (χ0v) is 8.94. The van der Waals surface area contributed by atoms with E-state index in [1.54, 1.807) is 0 Å². The summed E-state index contributed by atoms with van der Waals surface area (Å²) >= 11 is 0. The maximum absolute atomic E-state index is 5.83. The molecule has 0 aliphatic carbocycles. The second kappa shape index (κ2) is 3.37. The third kappa shape index (κ3) is 1.66. The van der Waals surface area contributed by atoms with Crippen molar-refractivity contribution in [2.75, 3.05) is 6.61 Å². The van der Waals surface area contributed by atoms with Crippen LogP contribution < -0.4 is 0 Å². The van der Waals surface area contributed by atoms with Crippen molar-refractivity contribution in [1.29, 1.82) is 0 Å². The van der Waals surface area contributed by atoms with E-state index < -0.39 is 0 Å². The number of rotatable bonds is 2. The molecule has 12 heavy (non-hydrogen) atoms. The van der Waals surface area contributed by atoms with Gasteiger partial charge in [-0.05, 0) is 38.5 Å². The van der Waals surface area contributed by atoms with Gasteiger partial charge < -0.3 is 4.74 Å². The van der Waals surface area contributed by atoms with Crippen molar-refractivity contribution in [2.24, 2.45) is 5.41 Å². The van der Waals surface area contributed by atoms with Crippen LogP contribution in [0.3, 0.4) is 0 Å². The zero-order valence-electron chi connectivity index (χ0n) is 8.94. The van der Waals surface area contributed by atoms with E-state index >= 15 is 0 Å². The number of ether oxygens (including phenoxy) is 1. The molecule has 0 aromatic heterocycles. The highest BCUT2D eigenvalue weighted by molar-refractivity contribution is 4.93. The summed E-state index contributed by atoms with van der Waals surface area (Å²) < 4.78 is 5.83. The lowest BCUT2D eigenvalue weighted by Gasteiger charge is -2.47. The van der Waals surface area contributed by atoms with Crippen LogP contribution in [0, 0.1) is 5.41 Å². The molecule has 1 aliphatic heterocycles. The predicted octanol–water partition coefficient (Wildman–Crippen LogP) is 3.38. The van der Waals surface area contributed by atoms with Crippen molar-refractivity contribution in [2.45, 2.75) is 59.0 Å². The van der Waals surface area contributed by atoms with Gasteiger partial charge in [0.25, 0.3) is 0 Å². The lowest BCUT2D eigenvalue weighted by atomic mass is 9.68. The molecule has 1 heterocycles. The Bertz CT molecular complexity index is 147. The Morgan fingerprint density at radius 2 is 1.92 bits per heavy atom. The molecule has 1 heteroatoms. The standard InChI is InChI=1S/C11H22O/c1-5-7-11(4)8-6-9-12-10(11,2)3/h5-9H2,1-4H3. The Hall–Kier alpha value is -0.0400. The van der Waals surface area contributed by atoms with Gasteiger partial charge in [0.1, 0.15) is 0 Å². The summed E-state index contributed by atoms with van der Waals surface area (Å²) in [4.78, 5) is 0. The van der Waals surface area contributed by atoms with Gasteiger partial charge in [0.15, 0.2) is 0 Å². The Balaban J connectivity index is 2.69. The highest BCUT2D eigenvalue weighted by Gasteiger charge is 2.42. The van der Waals surface area contributed by atoms with Gasteiger partial charge in [-0.1, -0.05) is 20.3 Å². The molecule has 0 aromatic carbocycles. The van der Waals surface area contributed by atoms with E-state index in [0.29, 0.717) is 5.41 Å². The van der Waals surface area contributed by atoms with Crippen molar-refractivity contribution < 1.29 is 4.74 Å². The van der Waals surface area contributed by atoms with Gasteiger partial charge in [0.2, 0.25) is 0 Å². The second-order valence-corrected chi connectivity index (χ2v) is 4.77. The summed E-state index contributed by atoms with van der Waals surface area (Å²) in [6.07, 6.45) is 5.12. The fourth-order valence-electron chi connectivity index (χ4n) is 2.24. The third-order valence-electron chi connectivity index (χ3n) is 3.59. The predicted molar refractivity (Wildman–Crippen MR) is 52.3 cm³/mol. The number of hydrogen-bond acceptors (Lipinski definition) is 1. The monoisotopic (exact) mass is 170 g/mol. The minimum atomic E-state index is 0.0846. The first-order chi connectivity index (χ1) is 5.52. The molecule has 1 aliphatic rings. The maximum Gasteiger partial charge on any atom is 0.0679 e. The Morgan fingerprint density at radius 1 is 1.25 bits per heavy atom. The summed E-state index contributed by atoms with van der Waals surface area (Å²) in [5, 5.41) is 0. The Labute approximate surface area is 76.5 Å². The molecule has 1 fully saturated rings. The van der Waals surface area contributed by atoms with Crippen molar-refractivity contribution >= 4 is 0 Å². The van der Waals surface area contributed by atoms with Crippen molar-refractivity contribution in [3.05, 3.63) is 0 Å². The maximum atomic E-state index is 5.83. The van der Waals surface area contributed by atoms with E-state index in [1.165, 1.54) is 25.7 Å². The van der Waals surface area contributed by atoms with Gasteiger partial charge in [-0.2, -0.15) is 0 Å². The van der Waals surface area contributed by atoms with Gasteiger partial charge in [-0.25, -0.2) is 0 Å². The second-order valence-electron chi connectivity index (χ2n) is 4.77. The van der Waals surface area contributed by atoms with Crippen LogP contribution in [0.1, 0.15) is 53.4 Å². The molecule has 0 bridgehead atoms. The van der Waals surface area contributed by atoms with E-state index in [-0.39, 0.29) is 5.60 Å². The number of hydrogen-bond donors (Lipinski definition) is 0. The molecule has 1 rings (SSSR count). The molecular formula is C11H22O. The molecule has 1 nitrogen and oxygen atoms in total. The highest BCUT2D eigenvalue weighted by atomic mass is 16.5. The van der Waals surface area contributed by atoms with Gasteiger partial charge in [-0.15, -0.1) is 0 Å². The fraction of sp³-hybridized carbons (Fsp3) is 1.00.